The number of rotatable bonds is 2. The van der Waals surface area contributed by atoms with Crippen LogP contribution in [-0.2, 0) is 9.59 Å². The number of halogens is 1. The van der Waals surface area contributed by atoms with Gasteiger partial charge in [-0.3, -0.25) is 19.4 Å². The van der Waals surface area contributed by atoms with E-state index in [1.54, 1.807) is 42.6 Å². The number of ketones is 1. The maximum absolute atomic E-state index is 12.7. The highest BCUT2D eigenvalue weighted by molar-refractivity contribution is 6.60. The first-order valence-electron chi connectivity index (χ1n) is 7.23. The SMILES string of the molecule is CC(=O)c1ccc2c(c1)/C(=C(\Cl)c1ccccn1)C(=O)N2C(C)=O. The molecule has 0 aliphatic carbocycles. The van der Waals surface area contributed by atoms with Crippen molar-refractivity contribution in [1.29, 1.82) is 0 Å². The maximum Gasteiger partial charge on any atom is 0.267 e. The first-order chi connectivity index (χ1) is 11.4. The third-order valence-electron chi connectivity index (χ3n) is 3.75. The van der Waals surface area contributed by atoms with E-state index in [-0.39, 0.29) is 16.4 Å². The molecule has 1 aliphatic rings. The number of nitrogens with zero attached hydrogens (tertiary/aromatic N) is 2. The Morgan fingerprint density at radius 3 is 2.46 bits per heavy atom. The molecule has 0 unspecified atom stereocenters. The van der Waals surface area contributed by atoms with Gasteiger partial charge in [-0.25, -0.2) is 4.90 Å². The van der Waals surface area contributed by atoms with E-state index in [9.17, 15) is 14.4 Å². The van der Waals surface area contributed by atoms with E-state index in [2.05, 4.69) is 4.98 Å². The molecule has 0 saturated carbocycles. The molecule has 0 radical (unpaired) electrons. The molecule has 1 aliphatic heterocycles. The maximum atomic E-state index is 12.7. The van der Waals surface area contributed by atoms with Crippen LogP contribution < -0.4 is 4.90 Å². The fraction of sp³-hybridized carbons (Fsp3) is 0.111. The van der Waals surface area contributed by atoms with Crippen LogP contribution in [0.3, 0.4) is 0 Å². The number of aromatic nitrogens is 1. The molecule has 2 amide bonds. The van der Waals surface area contributed by atoms with Crippen molar-refractivity contribution in [3.63, 3.8) is 0 Å². The summed E-state index contributed by atoms with van der Waals surface area (Å²) in [7, 11) is 0. The standard InChI is InChI=1S/C18H13ClN2O3/c1-10(22)12-6-7-15-13(9-12)16(18(24)21(15)11(2)23)17(19)14-5-3-4-8-20-14/h3-9H,1-2H3/b17-16+. The van der Waals surface area contributed by atoms with Gasteiger partial charge in [0.2, 0.25) is 5.91 Å². The number of hydrogen-bond donors (Lipinski definition) is 0. The molecule has 24 heavy (non-hydrogen) atoms. The molecular formula is C18H13ClN2O3. The van der Waals surface area contributed by atoms with E-state index in [4.69, 9.17) is 11.6 Å². The lowest BCUT2D eigenvalue weighted by atomic mass is 10.0. The largest absolute Gasteiger partial charge is 0.295 e. The highest BCUT2D eigenvalue weighted by atomic mass is 35.5. The Labute approximate surface area is 143 Å². The zero-order valence-electron chi connectivity index (χ0n) is 13.0. The lowest BCUT2D eigenvalue weighted by Crippen LogP contribution is -2.31. The summed E-state index contributed by atoms with van der Waals surface area (Å²) in [6.45, 7) is 2.74. The summed E-state index contributed by atoms with van der Waals surface area (Å²) in [5.74, 6) is -1.08. The molecule has 1 aromatic heterocycles. The average molecular weight is 341 g/mol. The van der Waals surface area contributed by atoms with Crippen molar-refractivity contribution in [3.05, 3.63) is 59.4 Å². The summed E-state index contributed by atoms with van der Waals surface area (Å²) in [6, 6.07) is 9.91. The Morgan fingerprint density at radius 2 is 1.88 bits per heavy atom. The Kier molecular flexibility index (Phi) is 4.03. The summed E-state index contributed by atoms with van der Waals surface area (Å²) in [5, 5.41) is 0.145. The van der Waals surface area contributed by atoms with Crippen LogP contribution in [0.2, 0.25) is 0 Å². The second-order valence-electron chi connectivity index (χ2n) is 5.35. The summed E-state index contributed by atoms with van der Waals surface area (Å²) < 4.78 is 0. The molecule has 2 heterocycles. The number of hydrogen-bond acceptors (Lipinski definition) is 4. The van der Waals surface area contributed by atoms with Crippen LogP contribution in [0.5, 0.6) is 0 Å². The van der Waals surface area contributed by atoms with Gasteiger partial charge >= 0.3 is 0 Å². The minimum absolute atomic E-state index is 0.139. The molecule has 0 bridgehead atoms. The van der Waals surface area contributed by atoms with Crippen LogP contribution in [0.15, 0.2) is 42.6 Å². The molecule has 6 heteroatoms. The van der Waals surface area contributed by atoms with Crippen LogP contribution in [0.25, 0.3) is 10.6 Å². The van der Waals surface area contributed by atoms with Gasteiger partial charge in [-0.05, 0) is 37.3 Å². The Balaban J connectivity index is 2.29. The van der Waals surface area contributed by atoms with E-state index < -0.39 is 11.8 Å². The quantitative estimate of drug-likeness (QED) is 0.621. The average Bonchev–Trinajstić information content (AvgIpc) is 2.86. The number of imide groups is 1. The normalized spacial score (nSPS) is 15.3. The predicted molar refractivity (Wildman–Crippen MR) is 91.5 cm³/mol. The monoisotopic (exact) mass is 340 g/mol. The number of carbonyl (C=O) groups is 3. The van der Waals surface area contributed by atoms with Crippen molar-refractivity contribution in [3.8, 4) is 0 Å². The zero-order valence-corrected chi connectivity index (χ0v) is 13.8. The topological polar surface area (TPSA) is 67.3 Å². The van der Waals surface area contributed by atoms with Gasteiger partial charge in [-0.2, -0.15) is 0 Å². The van der Waals surface area contributed by atoms with Crippen molar-refractivity contribution in [2.45, 2.75) is 13.8 Å². The summed E-state index contributed by atoms with van der Waals surface area (Å²) in [5.41, 5.74) is 1.91. The second kappa shape index (κ2) is 6.02. The lowest BCUT2D eigenvalue weighted by Gasteiger charge is -2.12. The molecule has 0 N–H and O–H groups in total. The first-order valence-corrected chi connectivity index (χ1v) is 7.61. The van der Waals surface area contributed by atoms with Gasteiger partial charge in [0.05, 0.1) is 22.0 Å². The second-order valence-corrected chi connectivity index (χ2v) is 5.73. The summed E-state index contributed by atoms with van der Waals surface area (Å²) >= 11 is 6.41. The Hall–Kier alpha value is -2.79. The fourth-order valence-electron chi connectivity index (χ4n) is 2.63. The van der Waals surface area contributed by atoms with Gasteiger partial charge < -0.3 is 0 Å². The molecule has 1 aromatic carbocycles. The van der Waals surface area contributed by atoms with Crippen LogP contribution in [-0.4, -0.2) is 22.6 Å². The Morgan fingerprint density at radius 1 is 1.12 bits per heavy atom. The highest BCUT2D eigenvalue weighted by Crippen LogP contribution is 2.42. The lowest BCUT2D eigenvalue weighted by molar-refractivity contribution is -0.122. The fourth-order valence-corrected chi connectivity index (χ4v) is 2.93. The van der Waals surface area contributed by atoms with Crippen molar-refractivity contribution in [2.24, 2.45) is 0 Å². The number of Topliss-reactive ketones (excluding diaryl/α,β-unsaturated/α-hetero) is 1. The third-order valence-corrected chi connectivity index (χ3v) is 4.14. The minimum Gasteiger partial charge on any atom is -0.295 e. The van der Waals surface area contributed by atoms with Crippen LogP contribution in [0, 0.1) is 0 Å². The number of carbonyl (C=O) groups excluding carboxylic acids is 3. The smallest absolute Gasteiger partial charge is 0.267 e. The van der Waals surface area contributed by atoms with Gasteiger partial charge in [0.15, 0.2) is 5.78 Å². The van der Waals surface area contributed by atoms with Gasteiger partial charge in [0.25, 0.3) is 5.91 Å². The van der Waals surface area contributed by atoms with E-state index in [0.29, 0.717) is 22.5 Å². The van der Waals surface area contributed by atoms with Crippen molar-refractivity contribution in [1.82, 2.24) is 4.98 Å². The number of amides is 2. The molecule has 0 saturated heterocycles. The van der Waals surface area contributed by atoms with Crippen LogP contribution in [0.4, 0.5) is 5.69 Å². The Bertz CT molecular complexity index is 904. The first kappa shape index (κ1) is 16.1. The van der Waals surface area contributed by atoms with Crippen LogP contribution in [0.1, 0.15) is 35.5 Å². The van der Waals surface area contributed by atoms with Gasteiger partial charge in [-0.1, -0.05) is 17.7 Å². The zero-order chi connectivity index (χ0) is 17.4. The van der Waals surface area contributed by atoms with Gasteiger partial charge in [0.1, 0.15) is 0 Å². The number of anilines is 1. The molecule has 2 aromatic rings. The van der Waals surface area contributed by atoms with Crippen LogP contribution >= 0.6 is 11.6 Å². The number of benzene rings is 1. The van der Waals surface area contributed by atoms with E-state index in [1.807, 2.05) is 0 Å². The van der Waals surface area contributed by atoms with Gasteiger partial charge in [0, 0.05) is 24.2 Å². The minimum atomic E-state index is -0.520. The number of fused-ring (bicyclic) bond motifs is 1. The van der Waals surface area contributed by atoms with Crippen molar-refractivity contribution >= 4 is 45.5 Å². The van der Waals surface area contributed by atoms with E-state index in [0.717, 1.165) is 4.90 Å². The molecule has 120 valence electrons. The third kappa shape index (κ3) is 2.53. The predicted octanol–water partition coefficient (Wildman–Crippen LogP) is 3.28. The van der Waals surface area contributed by atoms with E-state index >= 15 is 0 Å². The molecular weight excluding hydrogens is 328 g/mol. The molecule has 3 rings (SSSR count). The summed E-state index contributed by atoms with van der Waals surface area (Å²) in [4.78, 5) is 41.5. The van der Waals surface area contributed by atoms with E-state index in [1.165, 1.54) is 13.8 Å². The highest BCUT2D eigenvalue weighted by Gasteiger charge is 2.37. The van der Waals surface area contributed by atoms with Gasteiger partial charge in [-0.15, -0.1) is 0 Å². The van der Waals surface area contributed by atoms with Crippen molar-refractivity contribution in [2.75, 3.05) is 4.90 Å². The number of pyridine rings is 1. The summed E-state index contributed by atoms with van der Waals surface area (Å²) in [6.07, 6.45) is 1.56. The molecule has 5 nitrogen and oxygen atoms in total. The molecule has 0 fully saturated rings. The molecule has 0 atom stereocenters. The van der Waals surface area contributed by atoms with Crippen molar-refractivity contribution < 1.29 is 14.4 Å². The molecule has 0 spiro atoms.